The molecule has 0 saturated carbocycles. The Hall–Kier alpha value is -0.0800. The van der Waals surface area contributed by atoms with Gasteiger partial charge >= 0.3 is 0 Å². The molecule has 2 heterocycles. The van der Waals surface area contributed by atoms with Crippen molar-refractivity contribution in [3.8, 4) is 0 Å². The molecule has 0 aromatic heterocycles. The zero-order valence-electron chi connectivity index (χ0n) is 11.9. The molecule has 17 heavy (non-hydrogen) atoms. The van der Waals surface area contributed by atoms with E-state index in [2.05, 4.69) is 31.0 Å². The molecular formula is C15H30N2. The Kier molecular flexibility index (Phi) is 4.87. The average Bonchev–Trinajstić information content (AvgIpc) is 2.82. The van der Waals surface area contributed by atoms with Gasteiger partial charge in [0.05, 0.1) is 0 Å². The van der Waals surface area contributed by atoms with Crippen molar-refractivity contribution in [1.82, 2.24) is 10.2 Å². The zero-order valence-corrected chi connectivity index (χ0v) is 11.9. The van der Waals surface area contributed by atoms with Crippen LogP contribution >= 0.6 is 0 Å². The first-order chi connectivity index (χ1) is 8.16. The highest BCUT2D eigenvalue weighted by atomic mass is 15.2. The fourth-order valence-corrected chi connectivity index (χ4v) is 3.71. The van der Waals surface area contributed by atoms with Gasteiger partial charge in [0.2, 0.25) is 0 Å². The van der Waals surface area contributed by atoms with Crippen LogP contribution in [0.2, 0.25) is 0 Å². The van der Waals surface area contributed by atoms with E-state index < -0.39 is 0 Å². The predicted molar refractivity (Wildman–Crippen MR) is 74.2 cm³/mol. The van der Waals surface area contributed by atoms with Crippen molar-refractivity contribution in [2.24, 2.45) is 11.8 Å². The number of likely N-dealkylation sites (tertiary alicyclic amines) is 1. The van der Waals surface area contributed by atoms with Crippen LogP contribution < -0.4 is 5.32 Å². The molecule has 2 atom stereocenters. The minimum absolute atomic E-state index is 0.785. The van der Waals surface area contributed by atoms with Gasteiger partial charge in [0.25, 0.3) is 0 Å². The third-order valence-corrected chi connectivity index (χ3v) is 4.68. The van der Waals surface area contributed by atoms with Crippen molar-refractivity contribution in [3.63, 3.8) is 0 Å². The molecular weight excluding hydrogens is 208 g/mol. The van der Waals surface area contributed by atoms with Crippen LogP contribution in [0, 0.1) is 11.8 Å². The standard InChI is InChI=1S/C15H30N2/c1-12(2)11-13(3)17-9-6-14(7-10-17)15-5-4-8-16-15/h12-16H,4-11H2,1-3H3. The van der Waals surface area contributed by atoms with Crippen molar-refractivity contribution in [1.29, 1.82) is 0 Å². The van der Waals surface area contributed by atoms with Crippen molar-refractivity contribution in [3.05, 3.63) is 0 Å². The van der Waals surface area contributed by atoms with E-state index in [4.69, 9.17) is 0 Å². The van der Waals surface area contributed by atoms with Gasteiger partial charge in [-0.1, -0.05) is 13.8 Å². The molecule has 2 aliphatic rings. The van der Waals surface area contributed by atoms with Gasteiger partial charge in [-0.25, -0.2) is 0 Å². The van der Waals surface area contributed by atoms with E-state index in [1.54, 1.807) is 0 Å². The topological polar surface area (TPSA) is 15.3 Å². The molecule has 0 aromatic carbocycles. The summed E-state index contributed by atoms with van der Waals surface area (Å²) < 4.78 is 0. The van der Waals surface area contributed by atoms with E-state index in [-0.39, 0.29) is 0 Å². The van der Waals surface area contributed by atoms with Gasteiger partial charge < -0.3 is 10.2 Å². The summed E-state index contributed by atoms with van der Waals surface area (Å²) in [5.41, 5.74) is 0. The first kappa shape index (κ1) is 13.4. The summed E-state index contributed by atoms with van der Waals surface area (Å²) in [5, 5.41) is 3.68. The average molecular weight is 238 g/mol. The van der Waals surface area contributed by atoms with E-state index in [0.29, 0.717) is 0 Å². The van der Waals surface area contributed by atoms with Gasteiger partial charge in [-0.05, 0) is 70.5 Å². The SMILES string of the molecule is CC(C)CC(C)N1CCC(C2CCCN2)CC1. The lowest BCUT2D eigenvalue weighted by atomic mass is 9.87. The number of hydrogen-bond acceptors (Lipinski definition) is 2. The van der Waals surface area contributed by atoms with Crippen LogP contribution in [-0.2, 0) is 0 Å². The Labute approximate surface area is 107 Å². The van der Waals surface area contributed by atoms with Crippen LogP contribution in [0.3, 0.4) is 0 Å². The molecule has 0 amide bonds. The zero-order chi connectivity index (χ0) is 12.3. The van der Waals surface area contributed by atoms with Crippen LogP contribution in [0.15, 0.2) is 0 Å². The van der Waals surface area contributed by atoms with E-state index in [1.165, 1.54) is 51.7 Å². The monoisotopic (exact) mass is 238 g/mol. The van der Waals surface area contributed by atoms with E-state index in [1.807, 2.05) is 0 Å². The van der Waals surface area contributed by atoms with Gasteiger partial charge in [0.15, 0.2) is 0 Å². The quantitative estimate of drug-likeness (QED) is 0.810. The van der Waals surface area contributed by atoms with Gasteiger partial charge in [0.1, 0.15) is 0 Å². The minimum atomic E-state index is 0.785. The third kappa shape index (κ3) is 3.69. The molecule has 2 rings (SSSR count). The molecule has 1 N–H and O–H groups in total. The van der Waals surface area contributed by atoms with Crippen molar-refractivity contribution >= 4 is 0 Å². The molecule has 2 fully saturated rings. The number of nitrogens with one attached hydrogen (secondary N) is 1. The highest BCUT2D eigenvalue weighted by Gasteiger charge is 2.29. The summed E-state index contributed by atoms with van der Waals surface area (Å²) in [6, 6.07) is 1.63. The van der Waals surface area contributed by atoms with Crippen molar-refractivity contribution in [2.45, 2.75) is 65.0 Å². The van der Waals surface area contributed by atoms with E-state index in [0.717, 1.165) is 23.9 Å². The number of rotatable bonds is 4. The first-order valence-electron chi connectivity index (χ1n) is 7.64. The Morgan fingerprint density at radius 1 is 1.12 bits per heavy atom. The summed E-state index contributed by atoms with van der Waals surface area (Å²) in [5.74, 6) is 1.79. The highest BCUT2D eigenvalue weighted by molar-refractivity contribution is 4.86. The normalized spacial score (nSPS) is 30.0. The van der Waals surface area contributed by atoms with Gasteiger partial charge in [-0.2, -0.15) is 0 Å². The number of hydrogen-bond donors (Lipinski definition) is 1. The molecule has 100 valence electrons. The first-order valence-corrected chi connectivity index (χ1v) is 7.64. The fraction of sp³-hybridized carbons (Fsp3) is 1.00. The maximum Gasteiger partial charge on any atom is 0.00967 e. The lowest BCUT2D eigenvalue weighted by Crippen LogP contribution is -2.44. The minimum Gasteiger partial charge on any atom is -0.314 e. The van der Waals surface area contributed by atoms with Crippen molar-refractivity contribution in [2.75, 3.05) is 19.6 Å². The smallest absolute Gasteiger partial charge is 0.00967 e. The molecule has 0 aromatic rings. The lowest BCUT2D eigenvalue weighted by Gasteiger charge is -2.38. The molecule has 2 aliphatic heterocycles. The van der Waals surface area contributed by atoms with Gasteiger partial charge in [-0.15, -0.1) is 0 Å². The highest BCUT2D eigenvalue weighted by Crippen LogP contribution is 2.27. The van der Waals surface area contributed by atoms with Crippen LogP contribution in [0.4, 0.5) is 0 Å². The Morgan fingerprint density at radius 2 is 1.82 bits per heavy atom. The van der Waals surface area contributed by atoms with Crippen LogP contribution in [0.25, 0.3) is 0 Å². The van der Waals surface area contributed by atoms with Crippen LogP contribution in [0.5, 0.6) is 0 Å². The molecule has 0 aliphatic carbocycles. The fourth-order valence-electron chi connectivity index (χ4n) is 3.71. The lowest BCUT2D eigenvalue weighted by molar-refractivity contribution is 0.115. The Bertz CT molecular complexity index is 213. The second kappa shape index (κ2) is 6.19. The molecule has 2 saturated heterocycles. The molecule has 2 nitrogen and oxygen atoms in total. The van der Waals surface area contributed by atoms with Crippen LogP contribution in [0.1, 0.15) is 52.9 Å². The molecule has 0 radical (unpaired) electrons. The predicted octanol–water partition coefficient (Wildman–Crippen LogP) is 2.89. The summed E-state index contributed by atoms with van der Waals surface area (Å²) in [6.07, 6.45) is 7.01. The molecule has 2 unspecified atom stereocenters. The molecule has 0 bridgehead atoms. The maximum absolute atomic E-state index is 3.68. The van der Waals surface area contributed by atoms with Gasteiger partial charge in [-0.3, -0.25) is 0 Å². The van der Waals surface area contributed by atoms with E-state index >= 15 is 0 Å². The largest absolute Gasteiger partial charge is 0.314 e. The molecule has 0 spiro atoms. The molecule has 2 heteroatoms. The second-order valence-corrected chi connectivity index (χ2v) is 6.55. The summed E-state index contributed by atoms with van der Waals surface area (Å²) in [6.45, 7) is 11.0. The third-order valence-electron chi connectivity index (χ3n) is 4.68. The summed E-state index contributed by atoms with van der Waals surface area (Å²) in [7, 11) is 0. The Balaban J connectivity index is 1.73. The Morgan fingerprint density at radius 3 is 2.35 bits per heavy atom. The number of nitrogens with zero attached hydrogens (tertiary/aromatic N) is 1. The number of piperidine rings is 1. The van der Waals surface area contributed by atoms with E-state index in [9.17, 15) is 0 Å². The summed E-state index contributed by atoms with van der Waals surface area (Å²) >= 11 is 0. The second-order valence-electron chi connectivity index (χ2n) is 6.55. The van der Waals surface area contributed by atoms with Crippen LogP contribution in [-0.4, -0.2) is 36.6 Å². The van der Waals surface area contributed by atoms with Crippen molar-refractivity contribution < 1.29 is 0 Å². The maximum atomic E-state index is 3.68. The summed E-state index contributed by atoms with van der Waals surface area (Å²) in [4.78, 5) is 2.71. The van der Waals surface area contributed by atoms with Gasteiger partial charge in [0, 0.05) is 12.1 Å².